The van der Waals surface area contributed by atoms with E-state index in [0.717, 1.165) is 20.4 Å². The number of hydrogen-bond donors (Lipinski definition) is 3. The quantitative estimate of drug-likeness (QED) is 0.712. The van der Waals surface area contributed by atoms with E-state index in [-0.39, 0.29) is 12.6 Å². The van der Waals surface area contributed by atoms with E-state index >= 15 is 0 Å². The molecule has 0 radical (unpaired) electrons. The van der Waals surface area contributed by atoms with Crippen molar-refractivity contribution in [1.82, 2.24) is 5.32 Å². The van der Waals surface area contributed by atoms with E-state index in [9.17, 15) is 4.79 Å². The van der Waals surface area contributed by atoms with Crippen LogP contribution in [-0.4, -0.2) is 11.1 Å². The molecule has 5 heteroatoms. The number of nitrogens with one attached hydrogen (secondary N) is 2. The van der Waals surface area contributed by atoms with Crippen molar-refractivity contribution < 1.29 is 9.90 Å². The molecular formula is C15H15IN2O2. The molecule has 2 aromatic carbocycles. The number of para-hydroxylation sites is 1. The molecule has 104 valence electrons. The summed E-state index contributed by atoms with van der Waals surface area (Å²) in [6, 6.07) is 14.8. The fourth-order valence-corrected chi connectivity index (χ4v) is 2.20. The van der Waals surface area contributed by atoms with Gasteiger partial charge in [0.1, 0.15) is 0 Å². The molecule has 4 nitrogen and oxygen atoms in total. The summed E-state index contributed by atoms with van der Waals surface area (Å²) < 4.78 is 0.993. The minimum absolute atomic E-state index is 0.0284. The Labute approximate surface area is 131 Å². The summed E-state index contributed by atoms with van der Waals surface area (Å²) in [7, 11) is 0. The third kappa shape index (κ3) is 4.21. The van der Waals surface area contributed by atoms with E-state index in [4.69, 9.17) is 5.11 Å². The summed E-state index contributed by atoms with van der Waals surface area (Å²) in [6.45, 7) is 0.474. The third-order valence-electron chi connectivity index (χ3n) is 2.78. The molecule has 2 amide bonds. The molecule has 0 bridgehead atoms. The molecule has 0 heterocycles. The Balaban J connectivity index is 1.87. The van der Waals surface area contributed by atoms with Crippen LogP contribution in [0.25, 0.3) is 0 Å². The number of benzene rings is 2. The standard InChI is InChI=1S/C15H15IN2O2/c16-13-3-1-2-4-14(13)18-15(20)17-9-11-5-7-12(10-19)8-6-11/h1-8,19H,9-10H2,(H2,17,18,20). The molecule has 0 saturated heterocycles. The fraction of sp³-hybridized carbons (Fsp3) is 0.133. The molecule has 0 saturated carbocycles. The van der Waals surface area contributed by atoms with Gasteiger partial charge in [0, 0.05) is 10.1 Å². The summed E-state index contributed by atoms with van der Waals surface area (Å²) in [6.07, 6.45) is 0. The lowest BCUT2D eigenvalue weighted by Gasteiger charge is -2.09. The van der Waals surface area contributed by atoms with Crippen molar-refractivity contribution in [3.8, 4) is 0 Å². The Morgan fingerprint density at radius 2 is 1.70 bits per heavy atom. The van der Waals surface area contributed by atoms with Crippen molar-refractivity contribution in [2.45, 2.75) is 13.2 Å². The predicted octanol–water partition coefficient (Wildman–Crippen LogP) is 3.11. The number of amides is 2. The topological polar surface area (TPSA) is 61.4 Å². The van der Waals surface area contributed by atoms with Crippen LogP contribution < -0.4 is 10.6 Å². The van der Waals surface area contributed by atoms with Crippen LogP contribution >= 0.6 is 22.6 Å². The Hall–Kier alpha value is -1.60. The number of urea groups is 1. The van der Waals surface area contributed by atoms with Crippen LogP contribution in [-0.2, 0) is 13.2 Å². The van der Waals surface area contributed by atoms with Crippen molar-refractivity contribution >= 4 is 34.3 Å². The molecule has 20 heavy (non-hydrogen) atoms. The van der Waals surface area contributed by atoms with Crippen LogP contribution in [0.5, 0.6) is 0 Å². The van der Waals surface area contributed by atoms with Crippen molar-refractivity contribution in [1.29, 1.82) is 0 Å². The maximum absolute atomic E-state index is 11.8. The van der Waals surface area contributed by atoms with E-state index in [2.05, 4.69) is 33.2 Å². The van der Waals surface area contributed by atoms with Gasteiger partial charge in [-0.15, -0.1) is 0 Å². The van der Waals surface area contributed by atoms with Gasteiger partial charge < -0.3 is 15.7 Å². The number of hydrogen-bond acceptors (Lipinski definition) is 2. The Morgan fingerprint density at radius 3 is 2.35 bits per heavy atom. The highest BCUT2D eigenvalue weighted by Gasteiger charge is 2.04. The van der Waals surface area contributed by atoms with Gasteiger partial charge in [-0.2, -0.15) is 0 Å². The number of anilines is 1. The minimum Gasteiger partial charge on any atom is -0.392 e. The fourth-order valence-electron chi connectivity index (χ4n) is 1.67. The molecule has 0 aliphatic heterocycles. The SMILES string of the molecule is O=C(NCc1ccc(CO)cc1)Nc1ccccc1I. The monoisotopic (exact) mass is 382 g/mol. The lowest BCUT2D eigenvalue weighted by atomic mass is 10.1. The number of carbonyl (C=O) groups is 1. The Kier molecular flexibility index (Phi) is 5.37. The van der Waals surface area contributed by atoms with Gasteiger partial charge in [-0.25, -0.2) is 4.79 Å². The predicted molar refractivity (Wildman–Crippen MR) is 87.4 cm³/mol. The third-order valence-corrected chi connectivity index (χ3v) is 3.72. The first-order valence-corrected chi connectivity index (χ1v) is 7.25. The van der Waals surface area contributed by atoms with Crippen LogP contribution in [0.1, 0.15) is 11.1 Å². The largest absolute Gasteiger partial charge is 0.392 e. The molecule has 2 rings (SSSR count). The second kappa shape index (κ2) is 7.25. The lowest BCUT2D eigenvalue weighted by Crippen LogP contribution is -2.28. The number of halogens is 1. The van der Waals surface area contributed by atoms with Crippen LogP contribution in [0.2, 0.25) is 0 Å². The molecule has 0 spiro atoms. The number of aliphatic hydroxyl groups is 1. The molecule has 0 aromatic heterocycles. The van der Waals surface area contributed by atoms with Crippen LogP contribution in [0, 0.1) is 3.57 Å². The zero-order valence-corrected chi connectivity index (χ0v) is 12.9. The summed E-state index contributed by atoms with van der Waals surface area (Å²) in [5.41, 5.74) is 2.64. The van der Waals surface area contributed by atoms with Crippen molar-refractivity contribution in [3.63, 3.8) is 0 Å². The summed E-state index contributed by atoms with van der Waals surface area (Å²) in [5.74, 6) is 0. The van der Waals surface area contributed by atoms with Crippen molar-refractivity contribution in [3.05, 3.63) is 63.2 Å². The van der Waals surface area contributed by atoms with Crippen LogP contribution in [0.15, 0.2) is 48.5 Å². The number of rotatable bonds is 4. The smallest absolute Gasteiger partial charge is 0.319 e. The maximum atomic E-state index is 11.8. The van der Waals surface area contributed by atoms with Gasteiger partial charge in [-0.3, -0.25) is 0 Å². The normalized spacial score (nSPS) is 10.1. The second-order valence-corrected chi connectivity index (χ2v) is 5.42. The summed E-state index contributed by atoms with van der Waals surface area (Å²) in [5, 5.41) is 14.6. The average molecular weight is 382 g/mol. The molecule has 3 N–H and O–H groups in total. The summed E-state index contributed by atoms with van der Waals surface area (Å²) in [4.78, 5) is 11.8. The van der Waals surface area contributed by atoms with Gasteiger partial charge >= 0.3 is 6.03 Å². The van der Waals surface area contributed by atoms with Gasteiger partial charge in [0.2, 0.25) is 0 Å². The molecule has 0 unspecified atom stereocenters. The van der Waals surface area contributed by atoms with E-state index in [1.165, 1.54) is 0 Å². The first-order valence-electron chi connectivity index (χ1n) is 6.17. The zero-order valence-electron chi connectivity index (χ0n) is 10.8. The maximum Gasteiger partial charge on any atom is 0.319 e. The molecule has 0 fully saturated rings. The molecule has 0 atom stereocenters. The summed E-state index contributed by atoms with van der Waals surface area (Å²) >= 11 is 2.18. The van der Waals surface area contributed by atoms with E-state index in [0.29, 0.717) is 6.54 Å². The van der Waals surface area contributed by atoms with Crippen molar-refractivity contribution in [2.75, 3.05) is 5.32 Å². The Bertz CT molecular complexity index is 585. The van der Waals surface area contributed by atoms with E-state index in [1.807, 2.05) is 48.5 Å². The van der Waals surface area contributed by atoms with Crippen LogP contribution in [0.3, 0.4) is 0 Å². The lowest BCUT2D eigenvalue weighted by molar-refractivity contribution is 0.251. The first-order chi connectivity index (χ1) is 9.69. The van der Waals surface area contributed by atoms with Gasteiger partial charge in [0.15, 0.2) is 0 Å². The molecular weight excluding hydrogens is 367 g/mol. The van der Waals surface area contributed by atoms with Gasteiger partial charge in [-0.1, -0.05) is 36.4 Å². The minimum atomic E-state index is -0.236. The number of aliphatic hydroxyl groups excluding tert-OH is 1. The van der Waals surface area contributed by atoms with Gasteiger partial charge in [-0.05, 0) is 45.9 Å². The first kappa shape index (κ1) is 14.8. The number of carbonyl (C=O) groups excluding carboxylic acids is 1. The second-order valence-electron chi connectivity index (χ2n) is 4.26. The van der Waals surface area contributed by atoms with Gasteiger partial charge in [0.25, 0.3) is 0 Å². The van der Waals surface area contributed by atoms with Crippen molar-refractivity contribution in [2.24, 2.45) is 0 Å². The zero-order chi connectivity index (χ0) is 14.4. The highest BCUT2D eigenvalue weighted by atomic mass is 127. The molecule has 0 aliphatic carbocycles. The Morgan fingerprint density at radius 1 is 1.05 bits per heavy atom. The van der Waals surface area contributed by atoms with E-state index < -0.39 is 0 Å². The van der Waals surface area contributed by atoms with Gasteiger partial charge in [0.05, 0.1) is 12.3 Å². The molecule has 2 aromatic rings. The van der Waals surface area contributed by atoms with E-state index in [1.54, 1.807) is 0 Å². The average Bonchev–Trinajstić information content (AvgIpc) is 2.48. The highest BCUT2D eigenvalue weighted by molar-refractivity contribution is 14.1. The van der Waals surface area contributed by atoms with Crippen LogP contribution in [0.4, 0.5) is 10.5 Å². The molecule has 0 aliphatic rings. The highest BCUT2D eigenvalue weighted by Crippen LogP contribution is 2.16.